The Morgan fingerprint density at radius 3 is 2.93 bits per heavy atom. The highest BCUT2D eigenvalue weighted by Gasteiger charge is 2.31. The van der Waals surface area contributed by atoms with E-state index in [9.17, 15) is 4.79 Å². The van der Waals surface area contributed by atoms with Crippen LogP contribution in [0, 0.1) is 0 Å². The molecular formula is C9H7BrClNOS. The number of hydrogen-bond acceptors (Lipinski definition) is 2. The lowest BCUT2D eigenvalue weighted by atomic mass is 10.3. The van der Waals surface area contributed by atoms with Crippen LogP contribution in [-0.2, 0) is 4.79 Å². The number of carbonyl (C=O) groups excluding carboxylic acids is 1. The van der Waals surface area contributed by atoms with Gasteiger partial charge in [-0.05, 0) is 18.2 Å². The number of benzene rings is 1. The molecule has 1 aromatic rings. The van der Waals surface area contributed by atoms with Crippen molar-refractivity contribution >= 4 is 50.9 Å². The summed E-state index contributed by atoms with van der Waals surface area (Å²) in [5.74, 6) is 0.596. The molecule has 1 heterocycles. The van der Waals surface area contributed by atoms with Crippen LogP contribution in [0.1, 0.15) is 0 Å². The number of amides is 1. The number of rotatable bonds is 1. The second-order valence-corrected chi connectivity index (χ2v) is 5.53. The fourth-order valence-electron chi connectivity index (χ4n) is 1.24. The Kier molecular flexibility index (Phi) is 3.04. The molecule has 1 aliphatic rings. The number of nitrogens with zero attached hydrogens (tertiary/aromatic N) is 1. The van der Waals surface area contributed by atoms with E-state index in [1.54, 1.807) is 4.90 Å². The molecule has 2 nitrogen and oxygen atoms in total. The molecule has 1 unspecified atom stereocenters. The largest absolute Gasteiger partial charge is 0.301 e. The molecule has 0 bridgehead atoms. The van der Waals surface area contributed by atoms with E-state index in [1.165, 1.54) is 11.8 Å². The first-order valence-corrected chi connectivity index (χ1v) is 6.29. The molecule has 1 aromatic carbocycles. The van der Waals surface area contributed by atoms with Gasteiger partial charge in [-0.15, -0.1) is 23.4 Å². The SMILES string of the molecule is O=C1C(Cl)SCN1c1cccc(Br)c1. The molecule has 1 atom stereocenters. The zero-order valence-electron chi connectivity index (χ0n) is 7.11. The van der Waals surface area contributed by atoms with Gasteiger partial charge in [-0.1, -0.05) is 22.0 Å². The molecule has 1 fully saturated rings. The van der Waals surface area contributed by atoms with Gasteiger partial charge in [-0.3, -0.25) is 4.79 Å². The third kappa shape index (κ3) is 1.92. The second-order valence-electron chi connectivity index (χ2n) is 2.86. The van der Waals surface area contributed by atoms with E-state index in [0.717, 1.165) is 10.2 Å². The zero-order valence-corrected chi connectivity index (χ0v) is 10.3. The summed E-state index contributed by atoms with van der Waals surface area (Å²) in [6.07, 6.45) is 0. The van der Waals surface area contributed by atoms with Crippen LogP contribution in [0.2, 0.25) is 0 Å². The van der Waals surface area contributed by atoms with Crippen LogP contribution in [-0.4, -0.2) is 16.5 Å². The van der Waals surface area contributed by atoms with Gasteiger partial charge in [0.05, 0.1) is 5.88 Å². The van der Waals surface area contributed by atoms with Crippen molar-refractivity contribution in [3.8, 4) is 0 Å². The normalized spacial score (nSPS) is 21.7. The molecule has 0 spiro atoms. The van der Waals surface area contributed by atoms with E-state index < -0.39 is 4.71 Å². The molecule has 1 saturated heterocycles. The molecule has 0 saturated carbocycles. The average Bonchev–Trinajstić information content (AvgIpc) is 2.48. The van der Waals surface area contributed by atoms with Gasteiger partial charge in [0.25, 0.3) is 5.91 Å². The fourth-order valence-corrected chi connectivity index (χ4v) is 2.74. The number of hydrogen-bond donors (Lipinski definition) is 0. The highest BCUT2D eigenvalue weighted by Crippen LogP contribution is 2.32. The monoisotopic (exact) mass is 291 g/mol. The predicted octanol–water partition coefficient (Wildman–Crippen LogP) is 3.05. The topological polar surface area (TPSA) is 20.3 Å². The molecule has 74 valence electrons. The van der Waals surface area contributed by atoms with Crippen molar-refractivity contribution < 1.29 is 4.79 Å². The van der Waals surface area contributed by atoms with Crippen LogP contribution in [0.15, 0.2) is 28.7 Å². The van der Waals surface area contributed by atoms with Crippen molar-refractivity contribution in [1.29, 1.82) is 0 Å². The van der Waals surface area contributed by atoms with E-state index in [-0.39, 0.29) is 5.91 Å². The maximum Gasteiger partial charge on any atom is 0.256 e. The summed E-state index contributed by atoms with van der Waals surface area (Å²) in [6.45, 7) is 0. The lowest BCUT2D eigenvalue weighted by Gasteiger charge is -2.14. The highest BCUT2D eigenvalue weighted by molar-refractivity contribution is 9.10. The van der Waals surface area contributed by atoms with Gasteiger partial charge in [-0.25, -0.2) is 0 Å². The zero-order chi connectivity index (χ0) is 10.1. The predicted molar refractivity (Wildman–Crippen MR) is 63.7 cm³/mol. The minimum absolute atomic E-state index is 0.0326. The van der Waals surface area contributed by atoms with Gasteiger partial charge in [0, 0.05) is 10.2 Å². The molecule has 1 amide bonds. The minimum Gasteiger partial charge on any atom is -0.301 e. The van der Waals surface area contributed by atoms with Crippen LogP contribution in [0.25, 0.3) is 0 Å². The van der Waals surface area contributed by atoms with E-state index in [2.05, 4.69) is 15.9 Å². The molecule has 1 aliphatic heterocycles. The van der Waals surface area contributed by atoms with Crippen LogP contribution in [0.5, 0.6) is 0 Å². The average molecular weight is 293 g/mol. The number of thioether (sulfide) groups is 1. The third-order valence-corrected chi connectivity index (χ3v) is 3.89. The Labute approximate surface area is 99.7 Å². The van der Waals surface area contributed by atoms with E-state index in [1.807, 2.05) is 24.3 Å². The fraction of sp³-hybridized carbons (Fsp3) is 0.222. The quantitative estimate of drug-likeness (QED) is 0.742. The second kappa shape index (κ2) is 4.13. The van der Waals surface area contributed by atoms with E-state index in [4.69, 9.17) is 11.6 Å². The van der Waals surface area contributed by atoms with Crippen molar-refractivity contribution in [1.82, 2.24) is 0 Å². The van der Waals surface area contributed by atoms with Gasteiger partial charge in [0.2, 0.25) is 0 Å². The van der Waals surface area contributed by atoms with Gasteiger partial charge in [0.1, 0.15) is 0 Å². The van der Waals surface area contributed by atoms with Crippen molar-refractivity contribution in [3.05, 3.63) is 28.7 Å². The Hall–Kier alpha value is -0.190. The van der Waals surface area contributed by atoms with Crippen LogP contribution in [0.3, 0.4) is 0 Å². The Morgan fingerprint density at radius 1 is 1.57 bits per heavy atom. The lowest BCUT2D eigenvalue weighted by Crippen LogP contribution is -2.27. The number of anilines is 1. The summed E-state index contributed by atoms with van der Waals surface area (Å²) in [6, 6.07) is 7.64. The van der Waals surface area contributed by atoms with E-state index >= 15 is 0 Å². The maximum absolute atomic E-state index is 11.6. The third-order valence-electron chi connectivity index (χ3n) is 1.93. The Morgan fingerprint density at radius 2 is 2.36 bits per heavy atom. The van der Waals surface area contributed by atoms with Gasteiger partial charge in [0.15, 0.2) is 4.71 Å². The molecule has 0 radical (unpaired) electrons. The summed E-state index contributed by atoms with van der Waals surface area (Å²) in [5.41, 5.74) is 0.889. The van der Waals surface area contributed by atoms with Crippen LogP contribution < -0.4 is 4.90 Å². The molecule has 0 aromatic heterocycles. The minimum atomic E-state index is -0.436. The van der Waals surface area contributed by atoms with Crippen molar-refractivity contribution in [2.45, 2.75) is 4.71 Å². The van der Waals surface area contributed by atoms with Crippen LogP contribution in [0.4, 0.5) is 5.69 Å². The standard InChI is InChI=1S/C9H7BrClNOS/c10-6-2-1-3-7(4-6)12-5-14-8(11)9(12)13/h1-4,8H,5H2. The summed E-state index contributed by atoms with van der Waals surface area (Å²) in [5, 5.41) is 0. The molecule has 5 heteroatoms. The van der Waals surface area contributed by atoms with Crippen molar-refractivity contribution in [2.24, 2.45) is 0 Å². The van der Waals surface area contributed by atoms with Crippen molar-refractivity contribution in [2.75, 3.05) is 10.8 Å². The number of halogens is 2. The summed E-state index contributed by atoms with van der Waals surface area (Å²) < 4.78 is 0.528. The molecule has 2 rings (SSSR count). The van der Waals surface area contributed by atoms with Crippen molar-refractivity contribution in [3.63, 3.8) is 0 Å². The van der Waals surface area contributed by atoms with Gasteiger partial charge in [-0.2, -0.15) is 0 Å². The van der Waals surface area contributed by atoms with Gasteiger partial charge >= 0.3 is 0 Å². The first kappa shape index (κ1) is 10.3. The smallest absolute Gasteiger partial charge is 0.256 e. The van der Waals surface area contributed by atoms with Crippen LogP contribution >= 0.6 is 39.3 Å². The Bertz CT molecular complexity index is 374. The molecule has 0 N–H and O–H groups in total. The molecular weight excluding hydrogens is 286 g/mol. The first-order valence-electron chi connectivity index (χ1n) is 4.01. The van der Waals surface area contributed by atoms with Gasteiger partial charge < -0.3 is 4.90 Å². The Balaban J connectivity index is 2.28. The highest BCUT2D eigenvalue weighted by atomic mass is 79.9. The maximum atomic E-state index is 11.6. The summed E-state index contributed by atoms with van der Waals surface area (Å²) in [7, 11) is 0. The lowest BCUT2D eigenvalue weighted by molar-refractivity contribution is -0.116. The molecule has 0 aliphatic carbocycles. The van der Waals surface area contributed by atoms with E-state index in [0.29, 0.717) is 5.88 Å². The molecule has 14 heavy (non-hydrogen) atoms. The number of alkyl halides is 1. The summed E-state index contributed by atoms with van der Waals surface area (Å²) in [4.78, 5) is 13.3. The number of carbonyl (C=O) groups is 1. The summed E-state index contributed by atoms with van der Waals surface area (Å²) >= 11 is 10.6. The first-order chi connectivity index (χ1) is 6.68.